The van der Waals surface area contributed by atoms with E-state index in [1.807, 2.05) is 32.0 Å². The summed E-state index contributed by atoms with van der Waals surface area (Å²) in [5.41, 5.74) is 3.79. The number of carboxylic acid groups (broad SMARTS) is 1. The van der Waals surface area contributed by atoms with Gasteiger partial charge in [0.1, 0.15) is 12.2 Å². The van der Waals surface area contributed by atoms with Gasteiger partial charge in [0.05, 0.1) is 5.52 Å². The lowest BCUT2D eigenvalue weighted by molar-refractivity contribution is 0.0693. The maximum Gasteiger partial charge on any atom is 0.356 e. The maximum absolute atomic E-state index is 11.3. The zero-order valence-electron chi connectivity index (χ0n) is 11.2. The van der Waals surface area contributed by atoms with E-state index in [1.165, 1.54) is 5.56 Å². The van der Waals surface area contributed by atoms with Crippen molar-refractivity contribution in [1.82, 2.24) is 14.4 Å². The van der Waals surface area contributed by atoms with E-state index < -0.39 is 5.97 Å². The zero-order valence-corrected chi connectivity index (χ0v) is 11.2. The lowest BCUT2D eigenvalue weighted by Gasteiger charge is -2.04. The summed E-state index contributed by atoms with van der Waals surface area (Å²) in [5, 5.41) is 9.25. The molecule has 0 aliphatic carbocycles. The second-order valence-electron chi connectivity index (χ2n) is 4.72. The van der Waals surface area contributed by atoms with Gasteiger partial charge in [0, 0.05) is 11.8 Å². The molecule has 0 saturated carbocycles. The Bertz CT molecular complexity index is 821. The van der Waals surface area contributed by atoms with Gasteiger partial charge in [0.2, 0.25) is 0 Å². The largest absolute Gasteiger partial charge is 0.476 e. The summed E-state index contributed by atoms with van der Waals surface area (Å²) in [6.45, 7) is 4.05. The Hall–Kier alpha value is -2.69. The third-order valence-corrected chi connectivity index (χ3v) is 3.42. The molecule has 3 rings (SSSR count). The molecule has 3 aromatic rings. The highest BCUT2D eigenvalue weighted by Gasteiger charge is 2.17. The van der Waals surface area contributed by atoms with Crippen LogP contribution in [0.25, 0.3) is 16.9 Å². The van der Waals surface area contributed by atoms with Crippen LogP contribution < -0.4 is 0 Å². The van der Waals surface area contributed by atoms with Crippen LogP contribution in [0.1, 0.15) is 21.6 Å². The van der Waals surface area contributed by atoms with Gasteiger partial charge in [-0.15, -0.1) is 0 Å². The Morgan fingerprint density at radius 1 is 1.20 bits per heavy atom. The summed E-state index contributed by atoms with van der Waals surface area (Å²) in [4.78, 5) is 19.6. The van der Waals surface area contributed by atoms with Crippen LogP contribution in [0.15, 0.2) is 36.8 Å². The normalized spacial score (nSPS) is 10.9. The second-order valence-corrected chi connectivity index (χ2v) is 4.72. The molecule has 0 amide bonds. The fraction of sp³-hybridized carbons (Fsp3) is 0.133. The van der Waals surface area contributed by atoms with E-state index in [-0.39, 0.29) is 5.69 Å². The van der Waals surface area contributed by atoms with Gasteiger partial charge in [0.15, 0.2) is 5.69 Å². The monoisotopic (exact) mass is 267 g/mol. The fourth-order valence-corrected chi connectivity index (χ4v) is 2.18. The number of nitrogens with zero attached hydrogens (tertiary/aromatic N) is 3. The molecule has 1 aromatic carbocycles. The molecular formula is C15H13N3O2. The van der Waals surface area contributed by atoms with Gasteiger partial charge in [-0.2, -0.15) is 0 Å². The number of aromatic nitrogens is 3. The SMILES string of the molecule is Cc1ccc(-c2nc(C(=O)O)c3ccncn23)cc1C. The highest BCUT2D eigenvalue weighted by Crippen LogP contribution is 2.24. The summed E-state index contributed by atoms with van der Waals surface area (Å²) in [6.07, 6.45) is 3.15. The minimum atomic E-state index is -1.04. The third kappa shape index (κ3) is 1.84. The van der Waals surface area contributed by atoms with Gasteiger partial charge < -0.3 is 5.11 Å². The molecule has 0 spiro atoms. The van der Waals surface area contributed by atoms with Gasteiger partial charge >= 0.3 is 5.97 Å². The smallest absolute Gasteiger partial charge is 0.356 e. The number of carboxylic acids is 1. The predicted octanol–water partition coefficient (Wildman–Crippen LogP) is 2.71. The van der Waals surface area contributed by atoms with E-state index in [4.69, 9.17) is 0 Å². The molecule has 5 nitrogen and oxygen atoms in total. The van der Waals surface area contributed by atoms with Crippen molar-refractivity contribution in [2.45, 2.75) is 13.8 Å². The molecule has 100 valence electrons. The molecule has 0 unspecified atom stereocenters. The number of benzene rings is 1. The quantitative estimate of drug-likeness (QED) is 0.775. The molecule has 2 aromatic heterocycles. The van der Waals surface area contributed by atoms with E-state index in [9.17, 15) is 9.90 Å². The van der Waals surface area contributed by atoms with Crippen molar-refractivity contribution in [3.05, 3.63) is 53.6 Å². The van der Waals surface area contributed by atoms with Crippen LogP contribution in [0.5, 0.6) is 0 Å². The van der Waals surface area contributed by atoms with Crippen LogP contribution in [0, 0.1) is 13.8 Å². The first-order valence-electron chi connectivity index (χ1n) is 6.21. The first kappa shape index (κ1) is 12.3. The minimum absolute atomic E-state index is 0.0422. The standard InChI is InChI=1S/C15H13N3O2/c1-9-3-4-11(7-10(9)2)14-17-13(15(19)20)12-5-6-16-8-18(12)14/h3-8H,1-2H3,(H,19,20). The van der Waals surface area contributed by atoms with E-state index in [0.29, 0.717) is 11.3 Å². The van der Waals surface area contributed by atoms with Crippen LogP contribution in [-0.2, 0) is 0 Å². The number of hydrogen-bond donors (Lipinski definition) is 1. The molecule has 20 heavy (non-hydrogen) atoms. The highest BCUT2D eigenvalue weighted by molar-refractivity contribution is 5.94. The van der Waals surface area contributed by atoms with Crippen molar-refractivity contribution in [2.75, 3.05) is 0 Å². The third-order valence-electron chi connectivity index (χ3n) is 3.42. The van der Waals surface area contributed by atoms with Crippen molar-refractivity contribution in [1.29, 1.82) is 0 Å². The number of imidazole rings is 1. The Kier molecular flexibility index (Phi) is 2.75. The van der Waals surface area contributed by atoms with Gasteiger partial charge in [0.25, 0.3) is 0 Å². The van der Waals surface area contributed by atoms with Crippen molar-refractivity contribution in [3.63, 3.8) is 0 Å². The van der Waals surface area contributed by atoms with E-state index in [2.05, 4.69) is 9.97 Å². The summed E-state index contributed by atoms with van der Waals surface area (Å²) in [7, 11) is 0. The predicted molar refractivity (Wildman–Crippen MR) is 74.9 cm³/mol. The number of aromatic carboxylic acids is 1. The molecule has 2 heterocycles. The summed E-state index contributed by atoms with van der Waals surface area (Å²) in [6, 6.07) is 7.60. The molecule has 0 radical (unpaired) electrons. The number of hydrogen-bond acceptors (Lipinski definition) is 3. The summed E-state index contributed by atoms with van der Waals surface area (Å²) < 4.78 is 1.70. The Balaban J connectivity index is 2.31. The summed E-state index contributed by atoms with van der Waals surface area (Å²) >= 11 is 0. The van der Waals surface area contributed by atoms with Crippen molar-refractivity contribution < 1.29 is 9.90 Å². The Morgan fingerprint density at radius 3 is 2.70 bits per heavy atom. The Labute approximate surface area is 115 Å². The van der Waals surface area contributed by atoms with E-state index in [0.717, 1.165) is 11.1 Å². The van der Waals surface area contributed by atoms with E-state index in [1.54, 1.807) is 23.0 Å². The average Bonchev–Trinajstić information content (AvgIpc) is 2.82. The first-order valence-corrected chi connectivity index (χ1v) is 6.21. The van der Waals surface area contributed by atoms with Crippen LogP contribution in [0.3, 0.4) is 0 Å². The molecule has 0 aliphatic heterocycles. The molecule has 0 aliphatic rings. The van der Waals surface area contributed by atoms with Gasteiger partial charge in [-0.3, -0.25) is 4.40 Å². The van der Waals surface area contributed by atoms with Gasteiger partial charge in [-0.25, -0.2) is 14.8 Å². The topological polar surface area (TPSA) is 67.5 Å². The number of aryl methyl sites for hydroxylation is 2. The molecule has 1 N–H and O–H groups in total. The van der Waals surface area contributed by atoms with E-state index >= 15 is 0 Å². The van der Waals surface area contributed by atoms with Crippen molar-refractivity contribution in [3.8, 4) is 11.4 Å². The van der Waals surface area contributed by atoms with Gasteiger partial charge in [-0.1, -0.05) is 12.1 Å². The first-order chi connectivity index (χ1) is 9.58. The molecule has 0 atom stereocenters. The molecule has 0 fully saturated rings. The number of fused-ring (bicyclic) bond motifs is 1. The number of rotatable bonds is 2. The van der Waals surface area contributed by atoms with Gasteiger partial charge in [-0.05, 0) is 37.1 Å². The second kappa shape index (κ2) is 4.45. The van der Waals surface area contributed by atoms with Crippen molar-refractivity contribution >= 4 is 11.5 Å². The van der Waals surface area contributed by atoms with Crippen LogP contribution in [0.2, 0.25) is 0 Å². The minimum Gasteiger partial charge on any atom is -0.476 e. The molecular weight excluding hydrogens is 254 g/mol. The lowest BCUT2D eigenvalue weighted by Crippen LogP contribution is -1.97. The maximum atomic E-state index is 11.3. The van der Waals surface area contributed by atoms with Crippen LogP contribution in [-0.4, -0.2) is 25.4 Å². The average molecular weight is 267 g/mol. The Morgan fingerprint density at radius 2 is 2.00 bits per heavy atom. The molecule has 0 saturated heterocycles. The number of carbonyl (C=O) groups is 1. The molecule has 5 heteroatoms. The van der Waals surface area contributed by atoms with Crippen molar-refractivity contribution in [2.24, 2.45) is 0 Å². The highest BCUT2D eigenvalue weighted by atomic mass is 16.4. The lowest BCUT2D eigenvalue weighted by atomic mass is 10.1. The van der Waals surface area contributed by atoms with Crippen LogP contribution >= 0.6 is 0 Å². The van der Waals surface area contributed by atoms with Crippen LogP contribution in [0.4, 0.5) is 0 Å². The summed E-state index contributed by atoms with van der Waals surface area (Å²) in [5.74, 6) is -0.447. The molecule has 0 bridgehead atoms. The zero-order chi connectivity index (χ0) is 14.3. The fourth-order valence-electron chi connectivity index (χ4n) is 2.18.